The fourth-order valence-corrected chi connectivity index (χ4v) is 14.8. The zero-order chi connectivity index (χ0) is 48.3. The van der Waals surface area contributed by atoms with Gasteiger partial charge in [-0.1, -0.05) is 53.2 Å². The molecule has 0 amide bonds. The Labute approximate surface area is 387 Å². The summed E-state index contributed by atoms with van der Waals surface area (Å²) in [4.78, 5) is 15.0. The van der Waals surface area contributed by atoms with Crippen LogP contribution in [-0.4, -0.2) is 180 Å². The summed E-state index contributed by atoms with van der Waals surface area (Å²) in [6, 6.07) is 0. The highest BCUT2D eigenvalue weighted by Gasteiger charge is 2.70. The van der Waals surface area contributed by atoms with Gasteiger partial charge in [0.2, 0.25) is 6.29 Å². The van der Waals surface area contributed by atoms with Crippen LogP contribution in [0.25, 0.3) is 0 Å². The van der Waals surface area contributed by atoms with Gasteiger partial charge < -0.3 is 84.6 Å². The fraction of sp³-hybridized carbons (Fsp3) is 0.938. The summed E-state index contributed by atoms with van der Waals surface area (Å²) in [5.41, 5.74) is -0.838. The van der Waals surface area contributed by atoms with Crippen LogP contribution in [0.2, 0.25) is 0 Å². The van der Waals surface area contributed by atoms with Crippen LogP contribution >= 0.6 is 0 Å². The quantitative estimate of drug-likeness (QED) is 0.108. The second kappa shape index (κ2) is 18.0. The van der Waals surface area contributed by atoms with E-state index in [-0.39, 0.29) is 40.1 Å². The number of rotatable bonds is 9. The number of fused-ring (bicyclic) bond motifs is 7. The second-order valence-corrected chi connectivity index (χ2v) is 23.3. The number of hydrogen-bond donors (Lipinski definition) is 11. The Morgan fingerprint density at radius 2 is 1.32 bits per heavy atom. The molecule has 24 atom stereocenters. The van der Waals surface area contributed by atoms with Gasteiger partial charge in [-0.2, -0.15) is 0 Å². The van der Waals surface area contributed by atoms with Gasteiger partial charge in [0.1, 0.15) is 67.1 Å². The number of carbonyl (C=O) groups excluding carboxylic acids is 1. The van der Waals surface area contributed by atoms with E-state index in [0.717, 1.165) is 44.9 Å². The number of allylic oxidation sites excluding steroid dienone is 2. The fourth-order valence-electron chi connectivity index (χ4n) is 14.8. The highest BCUT2D eigenvalue weighted by Crippen LogP contribution is 2.76. The van der Waals surface area contributed by atoms with Crippen molar-refractivity contribution in [1.82, 2.24) is 0 Å². The molecule has 3 aliphatic heterocycles. The highest BCUT2D eigenvalue weighted by atomic mass is 16.8. The van der Waals surface area contributed by atoms with Crippen molar-refractivity contribution in [3.63, 3.8) is 0 Å². The number of aliphatic hydroxyl groups excluding tert-OH is 11. The zero-order valence-corrected chi connectivity index (χ0v) is 39.5. The van der Waals surface area contributed by atoms with E-state index < -0.39 is 128 Å². The van der Waals surface area contributed by atoms with Crippen LogP contribution in [0.4, 0.5) is 0 Å². The third kappa shape index (κ3) is 7.87. The summed E-state index contributed by atoms with van der Waals surface area (Å²) in [5.74, 6) is -0.273. The van der Waals surface area contributed by atoms with Crippen molar-refractivity contribution in [2.24, 2.45) is 50.2 Å². The Kier molecular flexibility index (Phi) is 13.9. The molecule has 7 fully saturated rings. The van der Waals surface area contributed by atoms with E-state index >= 15 is 0 Å². The van der Waals surface area contributed by atoms with Gasteiger partial charge >= 0.3 is 5.97 Å². The molecule has 3 unspecified atom stereocenters. The lowest BCUT2D eigenvalue weighted by atomic mass is 9.33. The van der Waals surface area contributed by atoms with Crippen molar-refractivity contribution in [3.8, 4) is 0 Å². The monoisotopic (exact) mass is 943 g/mol. The Hall–Kier alpha value is -1.43. The minimum atomic E-state index is -1.85. The molecule has 0 aromatic carbocycles. The number of ether oxygens (including phenoxy) is 6. The molecule has 5 aliphatic carbocycles. The van der Waals surface area contributed by atoms with Crippen molar-refractivity contribution in [2.45, 2.75) is 211 Å². The van der Waals surface area contributed by atoms with Crippen LogP contribution in [0, 0.1) is 50.2 Å². The normalized spacial score (nSPS) is 54.8. The van der Waals surface area contributed by atoms with Gasteiger partial charge in [0.25, 0.3) is 0 Å². The number of esters is 1. The van der Waals surface area contributed by atoms with E-state index in [4.69, 9.17) is 28.4 Å². The summed E-state index contributed by atoms with van der Waals surface area (Å²) in [6.45, 7) is 13.7. The zero-order valence-electron chi connectivity index (χ0n) is 39.5. The summed E-state index contributed by atoms with van der Waals surface area (Å²) < 4.78 is 34.7. The van der Waals surface area contributed by atoms with Crippen molar-refractivity contribution < 1.29 is 89.4 Å². The van der Waals surface area contributed by atoms with Crippen LogP contribution in [-0.2, 0) is 33.2 Å². The first-order chi connectivity index (χ1) is 30.8. The second-order valence-electron chi connectivity index (χ2n) is 23.3. The van der Waals surface area contributed by atoms with Gasteiger partial charge in [-0.25, -0.2) is 0 Å². The minimum absolute atomic E-state index is 0.0599. The molecule has 11 N–H and O–H groups in total. The molecule has 0 bridgehead atoms. The van der Waals surface area contributed by atoms with E-state index in [9.17, 15) is 61.0 Å². The molecule has 378 valence electrons. The Morgan fingerprint density at radius 3 is 2.00 bits per heavy atom. The maximum Gasteiger partial charge on any atom is 0.315 e. The smallest absolute Gasteiger partial charge is 0.315 e. The lowest BCUT2D eigenvalue weighted by Crippen LogP contribution is -2.66. The van der Waals surface area contributed by atoms with Crippen molar-refractivity contribution in [3.05, 3.63) is 11.6 Å². The molecule has 66 heavy (non-hydrogen) atoms. The predicted octanol–water partition coefficient (Wildman–Crippen LogP) is 0.141. The SMILES string of the molecule is C[C@@H]1O[C@@H](O[C@H]2[C@H](O)[C@@H](O)[C@H](OC[C@H]3O[C@@H](OC(=O)[C@]45CCC(C)(C)CC4C4=CCC6[C@@]7(C)CC[C@H](O)[C@@](C)(CO)C7CC[C@@]6(C)[C@]4(C)CC5)[C@H](O)[C@@H](O)[C@@H]3O)O[C@@H]2CO)[C@H](O)[C@H](O)[C@H]1O. The third-order valence-electron chi connectivity index (χ3n) is 19.4. The molecule has 8 rings (SSSR count). The first-order valence-corrected chi connectivity index (χ1v) is 24.3. The van der Waals surface area contributed by atoms with Gasteiger partial charge in [-0.05, 0) is 111 Å². The molecule has 0 radical (unpaired) electrons. The molecule has 18 heteroatoms. The predicted molar refractivity (Wildman–Crippen MR) is 230 cm³/mol. The van der Waals surface area contributed by atoms with Crippen molar-refractivity contribution in [2.75, 3.05) is 19.8 Å². The first-order valence-electron chi connectivity index (χ1n) is 24.3. The highest BCUT2D eigenvalue weighted by molar-refractivity contribution is 5.79. The molecule has 0 aromatic rings. The van der Waals surface area contributed by atoms with Crippen LogP contribution in [0.1, 0.15) is 113 Å². The van der Waals surface area contributed by atoms with Gasteiger partial charge in [0.15, 0.2) is 12.6 Å². The van der Waals surface area contributed by atoms with Crippen LogP contribution in [0.5, 0.6) is 0 Å². The Balaban J connectivity index is 0.976. The van der Waals surface area contributed by atoms with E-state index in [1.54, 1.807) is 0 Å². The molecule has 8 aliphatic rings. The van der Waals surface area contributed by atoms with E-state index in [1.165, 1.54) is 12.5 Å². The number of hydrogen-bond acceptors (Lipinski definition) is 18. The van der Waals surface area contributed by atoms with Gasteiger partial charge in [0.05, 0.1) is 37.4 Å². The molecule has 4 saturated carbocycles. The van der Waals surface area contributed by atoms with Crippen molar-refractivity contribution >= 4 is 5.97 Å². The number of aliphatic hydroxyl groups is 11. The lowest BCUT2D eigenvalue weighted by molar-refractivity contribution is -0.361. The Bertz CT molecular complexity index is 1800. The van der Waals surface area contributed by atoms with E-state index in [2.05, 4.69) is 40.7 Å². The third-order valence-corrected chi connectivity index (χ3v) is 19.4. The van der Waals surface area contributed by atoms with Gasteiger partial charge in [0, 0.05) is 5.41 Å². The van der Waals surface area contributed by atoms with Crippen LogP contribution in [0.15, 0.2) is 11.6 Å². The van der Waals surface area contributed by atoms with E-state index in [1.807, 2.05) is 6.92 Å². The molecule has 18 nitrogen and oxygen atoms in total. The number of carbonyl (C=O) groups is 1. The lowest BCUT2D eigenvalue weighted by Gasteiger charge is -2.71. The standard InChI is InChI=1S/C48H78O18/c1-22-30(52)32(54)35(57)40(62-22)65-38-25(19-49)63-39(37(59)34(38)56)61-20-26-31(53)33(55)36(58)41(64-26)66-42(60)48-16-14-43(2,3)18-24(48)23-8-9-28-44(4)12-11-29(51)45(5,21-50)27(44)10-13-47(28,7)46(23,6)15-17-48/h8,22,24-41,49-59H,9-21H2,1-7H3/t22-,24?,25+,26+,27?,28?,29-,30-,31+,32+,33-,34+,35+,36+,37+,38+,39+,40-,41-,44-,45-,46+,47+,48-/m0/s1. The maximum absolute atomic E-state index is 15.0. The first kappa shape index (κ1) is 50.9. The molecular formula is C48H78O18. The van der Waals surface area contributed by atoms with Crippen LogP contribution in [0.3, 0.4) is 0 Å². The topological polar surface area (TPSA) is 295 Å². The molecule has 0 spiro atoms. The largest absolute Gasteiger partial charge is 0.432 e. The summed E-state index contributed by atoms with van der Waals surface area (Å²) >= 11 is 0. The van der Waals surface area contributed by atoms with Crippen molar-refractivity contribution in [1.29, 1.82) is 0 Å². The maximum atomic E-state index is 15.0. The van der Waals surface area contributed by atoms with Gasteiger partial charge in [-0.3, -0.25) is 4.79 Å². The summed E-state index contributed by atoms with van der Waals surface area (Å²) in [6.07, 6.45) is -14.9. The average Bonchev–Trinajstić information content (AvgIpc) is 3.27. The Morgan fingerprint density at radius 1 is 0.682 bits per heavy atom. The van der Waals surface area contributed by atoms with E-state index in [0.29, 0.717) is 25.2 Å². The summed E-state index contributed by atoms with van der Waals surface area (Å²) in [5, 5.41) is 118. The molecular weight excluding hydrogens is 865 g/mol. The molecule has 3 saturated heterocycles. The summed E-state index contributed by atoms with van der Waals surface area (Å²) in [7, 11) is 0. The average molecular weight is 943 g/mol. The minimum Gasteiger partial charge on any atom is -0.432 e. The molecule has 3 heterocycles. The van der Waals surface area contributed by atoms with Gasteiger partial charge in [-0.15, -0.1) is 0 Å². The molecule has 0 aromatic heterocycles. The van der Waals surface area contributed by atoms with Crippen LogP contribution < -0.4 is 0 Å².